The average Bonchev–Trinajstić information content (AvgIpc) is 3.22. The number of oxime groups is 1. The molecular weight excluding hydrogens is 502 g/mol. The van der Waals surface area contributed by atoms with Gasteiger partial charge in [0.15, 0.2) is 10.8 Å². The number of amides is 2. The van der Waals surface area contributed by atoms with Gasteiger partial charge in [0.05, 0.1) is 12.6 Å². The van der Waals surface area contributed by atoms with Crippen molar-refractivity contribution in [2.75, 3.05) is 18.9 Å². The molecule has 1 saturated heterocycles. The molecule has 1 aliphatic heterocycles. The van der Waals surface area contributed by atoms with Gasteiger partial charge in [0.2, 0.25) is 0 Å². The monoisotopic (exact) mass is 525 g/mol. The van der Waals surface area contributed by atoms with Gasteiger partial charge in [-0.2, -0.15) is 8.42 Å². The maximum atomic E-state index is 12.8. The second kappa shape index (κ2) is 10.7. The van der Waals surface area contributed by atoms with Crippen molar-refractivity contribution in [3.05, 3.63) is 40.9 Å². The van der Waals surface area contributed by atoms with E-state index in [0.29, 0.717) is 17.7 Å². The second-order valence-corrected chi connectivity index (χ2v) is 9.47. The Balaban J connectivity index is 1.56. The molecule has 0 spiro atoms. The number of benzene rings is 1. The van der Waals surface area contributed by atoms with Crippen LogP contribution < -0.4 is 21.5 Å². The third-order valence-electron chi connectivity index (χ3n) is 4.82. The molecule has 0 bridgehead atoms. The van der Waals surface area contributed by atoms with Crippen molar-refractivity contribution in [2.45, 2.75) is 25.4 Å². The van der Waals surface area contributed by atoms with Gasteiger partial charge in [0.25, 0.3) is 11.8 Å². The van der Waals surface area contributed by atoms with Gasteiger partial charge in [-0.1, -0.05) is 5.16 Å². The summed E-state index contributed by atoms with van der Waals surface area (Å²) in [6.45, 7) is 1.71. The Bertz CT molecular complexity index is 1240. The number of β-lactam (4-membered cyclic amide) rings is 1. The molecule has 16 heteroatoms. The first-order valence-corrected chi connectivity index (χ1v) is 12.4. The van der Waals surface area contributed by atoms with E-state index in [1.165, 1.54) is 12.3 Å². The van der Waals surface area contributed by atoms with Crippen LogP contribution in [-0.4, -0.2) is 70.9 Å². The molecule has 0 unspecified atom stereocenters. The molecule has 3 rings (SSSR count). The molecule has 2 aromatic rings. The van der Waals surface area contributed by atoms with Crippen LogP contribution in [-0.2, 0) is 24.7 Å². The van der Waals surface area contributed by atoms with Crippen molar-refractivity contribution in [1.82, 2.24) is 14.6 Å². The van der Waals surface area contributed by atoms with Crippen LogP contribution in [0.5, 0.6) is 5.75 Å². The summed E-state index contributed by atoms with van der Waals surface area (Å²) in [5.74, 6) is -1.29. The van der Waals surface area contributed by atoms with E-state index in [1.54, 1.807) is 24.3 Å². The molecule has 7 N–H and O–H groups in total. The van der Waals surface area contributed by atoms with E-state index in [1.807, 2.05) is 0 Å². The number of hydrogen-bond acceptors (Lipinski definition) is 11. The highest BCUT2D eigenvalue weighted by Crippen LogP contribution is 2.23. The number of hydrogen-bond donors (Lipinski definition) is 5. The summed E-state index contributed by atoms with van der Waals surface area (Å²) in [6, 6.07) is 4.49. The highest BCUT2D eigenvalue weighted by atomic mass is 32.2. The van der Waals surface area contributed by atoms with Crippen molar-refractivity contribution in [1.29, 1.82) is 5.41 Å². The number of nitrogens with zero attached hydrogens (tertiary/aromatic N) is 3. The molecule has 188 valence electrons. The number of carbonyl (C=O) groups excluding carboxylic acids is 2. The molecule has 1 aliphatic rings. The highest BCUT2D eigenvalue weighted by Gasteiger charge is 2.51. The molecular formula is C19H23N7O7S2. The van der Waals surface area contributed by atoms with E-state index >= 15 is 0 Å². The summed E-state index contributed by atoms with van der Waals surface area (Å²) >= 11 is 1.06. The third-order valence-corrected chi connectivity index (χ3v) is 6.50. The lowest BCUT2D eigenvalue weighted by Gasteiger charge is -2.42. The van der Waals surface area contributed by atoms with Crippen LogP contribution in [0.2, 0.25) is 0 Å². The lowest BCUT2D eigenvalue weighted by molar-refractivity contribution is -0.143. The van der Waals surface area contributed by atoms with Crippen molar-refractivity contribution in [2.24, 2.45) is 10.9 Å². The van der Waals surface area contributed by atoms with Crippen molar-refractivity contribution in [3.8, 4) is 5.75 Å². The standard InChI is InChI=1S/C19H23N7O7S2/c1-10-14(18(28)26(10)35(29,30)31)24-17(27)15(13-9-34-19(22)23-13)25-33-8-2-7-32-12-5-3-11(4-6-12)16(20)21/h3-6,9-10,14H,2,7-8H2,1H3,(H3,20,21)(H2,22,23)(H,24,27)(H,29,30,31)/t10-,14+/m1/s1. The topological polar surface area (TPSA) is 223 Å². The number of rotatable bonds is 11. The molecule has 0 saturated carbocycles. The molecule has 1 fully saturated rings. The van der Waals surface area contributed by atoms with Gasteiger partial charge in [-0.25, -0.2) is 9.29 Å². The predicted molar refractivity (Wildman–Crippen MR) is 126 cm³/mol. The summed E-state index contributed by atoms with van der Waals surface area (Å²) in [7, 11) is -4.73. The zero-order valence-corrected chi connectivity index (χ0v) is 20.0. The largest absolute Gasteiger partial charge is 0.493 e. The number of carbonyl (C=O) groups is 2. The maximum absolute atomic E-state index is 12.8. The van der Waals surface area contributed by atoms with E-state index in [-0.39, 0.29) is 39.9 Å². The number of ether oxygens (including phenoxy) is 1. The molecule has 14 nitrogen and oxygen atoms in total. The summed E-state index contributed by atoms with van der Waals surface area (Å²) in [5.41, 5.74) is 11.5. The average molecular weight is 526 g/mol. The first kappa shape index (κ1) is 25.9. The Morgan fingerprint density at radius 3 is 2.57 bits per heavy atom. The fraction of sp³-hybridized carbons (Fsp3) is 0.316. The SMILES string of the molecule is C[C@@H]1[C@H](NC(=O)C(=NOCCCOc2ccc(C(=N)N)cc2)c2csc(N)n2)C(=O)N1S(=O)(=O)O. The molecule has 1 aromatic carbocycles. The van der Waals surface area contributed by atoms with Gasteiger partial charge in [-0.15, -0.1) is 11.3 Å². The van der Waals surface area contributed by atoms with E-state index in [0.717, 1.165) is 11.3 Å². The Morgan fingerprint density at radius 2 is 2.03 bits per heavy atom. The molecule has 0 aliphatic carbocycles. The van der Waals surface area contributed by atoms with Gasteiger partial charge in [0.1, 0.15) is 29.9 Å². The summed E-state index contributed by atoms with van der Waals surface area (Å²) in [4.78, 5) is 34.0. The predicted octanol–water partition coefficient (Wildman–Crippen LogP) is -0.283. The molecule has 2 heterocycles. The Hall–Kier alpha value is -3.76. The van der Waals surface area contributed by atoms with E-state index < -0.39 is 34.2 Å². The highest BCUT2D eigenvalue weighted by molar-refractivity contribution is 7.84. The quantitative estimate of drug-likeness (QED) is 0.0644. The minimum atomic E-state index is -4.73. The summed E-state index contributed by atoms with van der Waals surface area (Å²) < 4.78 is 37.4. The van der Waals surface area contributed by atoms with Crippen molar-refractivity contribution in [3.63, 3.8) is 0 Å². The molecule has 35 heavy (non-hydrogen) atoms. The number of nitrogens with one attached hydrogen (secondary N) is 2. The Labute approximate surface area is 204 Å². The number of thiazole rings is 1. The molecule has 1 aromatic heterocycles. The van der Waals surface area contributed by atoms with Crippen molar-refractivity contribution < 1.29 is 32.1 Å². The fourth-order valence-electron chi connectivity index (χ4n) is 3.07. The van der Waals surface area contributed by atoms with Gasteiger partial charge in [0, 0.05) is 17.4 Å². The van der Waals surface area contributed by atoms with Gasteiger partial charge >= 0.3 is 10.3 Å². The zero-order valence-electron chi connectivity index (χ0n) is 18.4. The maximum Gasteiger partial charge on any atom is 0.362 e. The van der Waals surface area contributed by atoms with Crippen LogP contribution >= 0.6 is 11.3 Å². The van der Waals surface area contributed by atoms with Crippen LogP contribution in [0.4, 0.5) is 5.13 Å². The number of amidine groups is 1. The van der Waals surface area contributed by atoms with E-state index in [4.69, 9.17) is 31.0 Å². The lowest BCUT2D eigenvalue weighted by Crippen LogP contribution is -2.71. The van der Waals surface area contributed by atoms with Gasteiger partial charge in [-0.05, 0) is 31.2 Å². The zero-order chi connectivity index (χ0) is 25.8. The van der Waals surface area contributed by atoms with Crippen LogP contribution in [0.3, 0.4) is 0 Å². The minimum absolute atomic E-state index is 0.0450. The number of anilines is 1. The fourth-order valence-corrected chi connectivity index (χ4v) is 4.50. The third kappa shape index (κ3) is 6.23. The van der Waals surface area contributed by atoms with Gasteiger partial charge in [-0.3, -0.25) is 19.6 Å². The van der Waals surface area contributed by atoms with Crippen LogP contribution in [0.1, 0.15) is 24.6 Å². The minimum Gasteiger partial charge on any atom is -0.493 e. The van der Waals surface area contributed by atoms with Crippen LogP contribution in [0.25, 0.3) is 0 Å². The first-order valence-electron chi connectivity index (χ1n) is 10.1. The molecule has 2 atom stereocenters. The number of nitrogens with two attached hydrogens (primary N) is 2. The number of aromatic nitrogens is 1. The van der Waals surface area contributed by atoms with E-state index in [2.05, 4.69) is 15.5 Å². The Morgan fingerprint density at radius 1 is 1.34 bits per heavy atom. The summed E-state index contributed by atoms with van der Waals surface area (Å²) in [6.07, 6.45) is 0.410. The molecule has 2 amide bonds. The smallest absolute Gasteiger partial charge is 0.362 e. The second-order valence-electron chi connectivity index (χ2n) is 7.29. The lowest BCUT2D eigenvalue weighted by atomic mass is 10.0. The van der Waals surface area contributed by atoms with Crippen LogP contribution in [0, 0.1) is 5.41 Å². The first-order chi connectivity index (χ1) is 16.5. The van der Waals surface area contributed by atoms with Crippen LogP contribution in [0.15, 0.2) is 34.8 Å². The number of nitrogen functional groups attached to an aromatic ring is 2. The summed E-state index contributed by atoms with van der Waals surface area (Å²) in [5, 5.41) is 15.2. The van der Waals surface area contributed by atoms with Crippen molar-refractivity contribution >= 4 is 50.1 Å². The van der Waals surface area contributed by atoms with Gasteiger partial charge < -0.3 is 26.4 Å². The normalized spacial score (nSPS) is 18.1. The Kier molecular flexibility index (Phi) is 7.88. The molecule has 0 radical (unpaired) electrons. The van der Waals surface area contributed by atoms with E-state index in [9.17, 15) is 18.0 Å².